The van der Waals surface area contributed by atoms with Gasteiger partial charge in [0.2, 0.25) is 0 Å². The number of aryl methyl sites for hydroxylation is 2. The van der Waals surface area contributed by atoms with Crippen molar-refractivity contribution in [1.29, 1.82) is 0 Å². The first-order valence-corrected chi connectivity index (χ1v) is 7.88. The lowest BCUT2D eigenvalue weighted by molar-refractivity contribution is 0.168. The van der Waals surface area contributed by atoms with Crippen LogP contribution in [0.5, 0.6) is 0 Å². The van der Waals surface area contributed by atoms with E-state index >= 15 is 0 Å². The molecule has 108 valence electrons. The highest BCUT2D eigenvalue weighted by atomic mass is 32.2. The van der Waals surface area contributed by atoms with Crippen molar-refractivity contribution in [3.63, 3.8) is 0 Å². The van der Waals surface area contributed by atoms with Crippen LogP contribution in [-0.4, -0.2) is 29.0 Å². The van der Waals surface area contributed by atoms with E-state index in [4.69, 9.17) is 0 Å². The summed E-state index contributed by atoms with van der Waals surface area (Å²) in [4.78, 5) is 1.34. The van der Waals surface area contributed by atoms with Crippen LogP contribution in [-0.2, 0) is 0 Å². The highest BCUT2D eigenvalue weighted by Gasteiger charge is 2.25. The van der Waals surface area contributed by atoms with E-state index in [-0.39, 0.29) is 12.1 Å². The average molecular weight is 281 g/mol. The third-order valence-corrected chi connectivity index (χ3v) is 4.63. The van der Waals surface area contributed by atoms with Crippen LogP contribution in [0.4, 0.5) is 0 Å². The van der Waals surface area contributed by atoms with Crippen LogP contribution in [0.15, 0.2) is 23.1 Å². The van der Waals surface area contributed by atoms with E-state index < -0.39 is 0 Å². The lowest BCUT2D eigenvalue weighted by Gasteiger charge is -2.31. The zero-order valence-electron chi connectivity index (χ0n) is 12.8. The van der Waals surface area contributed by atoms with Crippen LogP contribution in [0.3, 0.4) is 0 Å². The maximum atomic E-state index is 9.55. The Bertz CT molecular complexity index is 408. The number of aliphatic hydroxyl groups excluding tert-OH is 1. The van der Waals surface area contributed by atoms with Crippen LogP contribution < -0.4 is 5.32 Å². The fourth-order valence-corrected chi connectivity index (χ4v) is 3.72. The molecular formula is C16H27NOS. The van der Waals surface area contributed by atoms with E-state index in [0.717, 1.165) is 13.0 Å². The molecule has 0 aliphatic heterocycles. The smallest absolute Gasteiger partial charge is 0.0611 e. The van der Waals surface area contributed by atoms with Crippen molar-refractivity contribution in [1.82, 2.24) is 5.32 Å². The molecule has 0 spiro atoms. The Morgan fingerprint density at radius 2 is 2.05 bits per heavy atom. The lowest BCUT2D eigenvalue weighted by Crippen LogP contribution is -2.47. The maximum absolute atomic E-state index is 9.55. The molecule has 0 fully saturated rings. The second-order valence-corrected chi connectivity index (χ2v) is 7.13. The third kappa shape index (κ3) is 5.17. The molecule has 0 heterocycles. The fourth-order valence-electron chi connectivity index (χ4n) is 2.44. The third-order valence-electron chi connectivity index (χ3n) is 3.35. The van der Waals surface area contributed by atoms with Crippen molar-refractivity contribution in [2.24, 2.45) is 0 Å². The predicted octanol–water partition coefficient (Wildman–Crippen LogP) is 3.53. The molecule has 0 amide bonds. The largest absolute Gasteiger partial charge is 0.394 e. The summed E-state index contributed by atoms with van der Waals surface area (Å²) in [7, 11) is 0. The summed E-state index contributed by atoms with van der Waals surface area (Å²) in [5.41, 5.74) is 2.47. The fraction of sp³-hybridized carbons (Fsp3) is 0.625. The quantitative estimate of drug-likeness (QED) is 0.750. The number of rotatable bonds is 7. The summed E-state index contributed by atoms with van der Waals surface area (Å²) in [5, 5.41) is 13.4. The van der Waals surface area contributed by atoms with Gasteiger partial charge in [0.05, 0.1) is 6.61 Å². The minimum absolute atomic E-state index is 0.179. The van der Waals surface area contributed by atoms with Crippen LogP contribution in [0.2, 0.25) is 0 Å². The Morgan fingerprint density at radius 1 is 1.37 bits per heavy atom. The number of thioether (sulfide) groups is 1. The van der Waals surface area contributed by atoms with Crippen LogP contribution in [0.25, 0.3) is 0 Å². The standard InChI is InChI=1S/C16H27NOS/c1-6-17-16(5,11-18)10-14(4)19-15-8-7-12(2)9-13(15)3/h7-9,14,17-18H,6,10-11H2,1-5H3. The summed E-state index contributed by atoms with van der Waals surface area (Å²) in [6, 6.07) is 6.59. The number of hydrogen-bond donors (Lipinski definition) is 2. The zero-order valence-corrected chi connectivity index (χ0v) is 13.6. The summed E-state index contributed by atoms with van der Waals surface area (Å²) < 4.78 is 0. The van der Waals surface area contributed by atoms with Gasteiger partial charge in [-0.1, -0.05) is 31.5 Å². The molecule has 19 heavy (non-hydrogen) atoms. The van der Waals surface area contributed by atoms with Gasteiger partial charge in [0.15, 0.2) is 0 Å². The van der Waals surface area contributed by atoms with Crippen molar-refractivity contribution in [3.8, 4) is 0 Å². The molecular weight excluding hydrogens is 254 g/mol. The molecule has 2 unspecified atom stereocenters. The average Bonchev–Trinajstić information content (AvgIpc) is 2.33. The van der Waals surface area contributed by atoms with Gasteiger partial charge in [-0.2, -0.15) is 0 Å². The van der Waals surface area contributed by atoms with Gasteiger partial charge in [0, 0.05) is 15.7 Å². The Kier molecular flexibility index (Phi) is 6.37. The molecule has 0 aliphatic carbocycles. The summed E-state index contributed by atoms with van der Waals surface area (Å²) in [6.45, 7) is 11.8. The second-order valence-electron chi connectivity index (χ2n) is 5.65. The molecule has 0 radical (unpaired) electrons. The van der Waals surface area contributed by atoms with Gasteiger partial charge >= 0.3 is 0 Å². The van der Waals surface area contributed by atoms with Gasteiger partial charge in [0.25, 0.3) is 0 Å². The number of aliphatic hydroxyl groups is 1. The van der Waals surface area contributed by atoms with E-state index in [1.165, 1.54) is 16.0 Å². The molecule has 2 nitrogen and oxygen atoms in total. The van der Waals surface area contributed by atoms with E-state index in [9.17, 15) is 5.11 Å². The molecule has 0 saturated heterocycles. The Hall–Kier alpha value is -0.510. The van der Waals surface area contributed by atoms with E-state index in [2.05, 4.69) is 58.1 Å². The topological polar surface area (TPSA) is 32.3 Å². The minimum atomic E-state index is -0.181. The number of nitrogens with one attached hydrogen (secondary N) is 1. The summed E-state index contributed by atoms with van der Waals surface area (Å²) >= 11 is 1.90. The zero-order chi connectivity index (χ0) is 14.5. The van der Waals surface area contributed by atoms with Gasteiger partial charge in [-0.25, -0.2) is 0 Å². The first-order chi connectivity index (χ1) is 8.90. The van der Waals surface area contributed by atoms with Gasteiger partial charge in [-0.15, -0.1) is 11.8 Å². The Balaban J connectivity index is 2.66. The Morgan fingerprint density at radius 3 is 2.58 bits per heavy atom. The van der Waals surface area contributed by atoms with Crippen molar-refractivity contribution < 1.29 is 5.11 Å². The molecule has 2 atom stereocenters. The molecule has 3 heteroatoms. The SMILES string of the molecule is CCNC(C)(CO)CC(C)Sc1ccc(C)cc1C. The highest BCUT2D eigenvalue weighted by molar-refractivity contribution is 8.00. The second kappa shape index (κ2) is 7.32. The first-order valence-electron chi connectivity index (χ1n) is 7.00. The predicted molar refractivity (Wildman–Crippen MR) is 85.0 cm³/mol. The van der Waals surface area contributed by atoms with Crippen LogP contribution in [0.1, 0.15) is 38.3 Å². The van der Waals surface area contributed by atoms with Crippen molar-refractivity contribution in [2.75, 3.05) is 13.2 Å². The summed E-state index contributed by atoms with van der Waals surface area (Å²) in [6.07, 6.45) is 0.954. The number of hydrogen-bond acceptors (Lipinski definition) is 3. The number of likely N-dealkylation sites (N-methyl/N-ethyl adjacent to an activating group) is 1. The van der Waals surface area contributed by atoms with Gasteiger partial charge in [-0.05, 0) is 45.4 Å². The summed E-state index contributed by atoms with van der Waals surface area (Å²) in [5.74, 6) is 0. The highest BCUT2D eigenvalue weighted by Crippen LogP contribution is 2.31. The molecule has 1 aromatic carbocycles. The monoisotopic (exact) mass is 281 g/mol. The molecule has 0 bridgehead atoms. The molecule has 0 aromatic heterocycles. The van der Waals surface area contributed by atoms with Crippen LogP contribution in [0, 0.1) is 13.8 Å². The van der Waals surface area contributed by atoms with Gasteiger partial charge in [-0.3, -0.25) is 0 Å². The van der Waals surface area contributed by atoms with Gasteiger partial charge in [0.1, 0.15) is 0 Å². The van der Waals surface area contributed by atoms with Crippen molar-refractivity contribution >= 4 is 11.8 Å². The van der Waals surface area contributed by atoms with E-state index in [1.807, 2.05) is 11.8 Å². The molecule has 1 aromatic rings. The van der Waals surface area contributed by atoms with Crippen molar-refractivity contribution in [2.45, 2.75) is 56.7 Å². The van der Waals surface area contributed by atoms with E-state index in [0.29, 0.717) is 5.25 Å². The Labute approximate surface area is 122 Å². The van der Waals surface area contributed by atoms with Crippen molar-refractivity contribution in [3.05, 3.63) is 29.3 Å². The normalized spacial score (nSPS) is 16.1. The molecule has 0 aliphatic rings. The molecule has 2 N–H and O–H groups in total. The molecule has 1 rings (SSSR count). The number of benzene rings is 1. The van der Waals surface area contributed by atoms with Crippen LogP contribution >= 0.6 is 11.8 Å². The van der Waals surface area contributed by atoms with E-state index in [1.54, 1.807) is 0 Å². The molecule has 0 saturated carbocycles. The van der Waals surface area contributed by atoms with Gasteiger partial charge < -0.3 is 10.4 Å². The minimum Gasteiger partial charge on any atom is -0.394 e. The first kappa shape index (κ1) is 16.5. The lowest BCUT2D eigenvalue weighted by atomic mass is 9.97. The maximum Gasteiger partial charge on any atom is 0.0611 e.